The minimum Gasteiger partial charge on any atom is -0.481 e. The Morgan fingerprint density at radius 2 is 2.47 bits per heavy atom. The molecule has 0 radical (unpaired) electrons. The minimum absolute atomic E-state index is 0.0560. The first-order chi connectivity index (χ1) is 7.27. The van der Waals surface area contributed by atoms with Gasteiger partial charge in [0.05, 0.1) is 11.6 Å². The molecule has 5 nitrogen and oxygen atoms in total. The molecule has 0 bridgehead atoms. The fourth-order valence-electron chi connectivity index (χ4n) is 1.93. The van der Waals surface area contributed by atoms with Crippen molar-refractivity contribution < 1.29 is 9.90 Å². The Morgan fingerprint density at radius 1 is 1.60 bits per heavy atom. The van der Waals surface area contributed by atoms with Crippen molar-refractivity contribution in [3.63, 3.8) is 0 Å². The first kappa shape index (κ1) is 8.40. The van der Waals surface area contributed by atoms with E-state index < -0.39 is 5.97 Å². The van der Waals surface area contributed by atoms with Gasteiger partial charge < -0.3 is 5.11 Å². The molecule has 76 valence electrons. The number of nitrogens with zero attached hydrogens (tertiary/aromatic N) is 2. The van der Waals surface area contributed by atoms with Crippen LogP contribution in [0.5, 0.6) is 0 Å². The van der Waals surface area contributed by atoms with Crippen LogP contribution >= 0.6 is 0 Å². The summed E-state index contributed by atoms with van der Waals surface area (Å²) >= 11 is 0. The highest BCUT2D eigenvalue weighted by atomic mass is 16.4. The first-order valence-electron chi connectivity index (χ1n) is 4.79. The van der Waals surface area contributed by atoms with Crippen molar-refractivity contribution in [3.05, 3.63) is 24.0 Å². The van der Waals surface area contributed by atoms with Crippen LogP contribution in [0.2, 0.25) is 0 Å². The van der Waals surface area contributed by atoms with Gasteiger partial charge in [-0.2, -0.15) is 5.10 Å². The quantitative estimate of drug-likeness (QED) is 0.767. The molecule has 0 aromatic carbocycles. The summed E-state index contributed by atoms with van der Waals surface area (Å²) in [6.07, 6.45) is 2.37. The second kappa shape index (κ2) is 2.79. The molecule has 0 amide bonds. The van der Waals surface area contributed by atoms with Crippen LogP contribution in [0.3, 0.4) is 0 Å². The number of fused-ring (bicyclic) bond motifs is 1. The number of pyridine rings is 1. The van der Waals surface area contributed by atoms with E-state index >= 15 is 0 Å². The summed E-state index contributed by atoms with van der Waals surface area (Å²) in [5.74, 6) is -0.947. The zero-order valence-electron chi connectivity index (χ0n) is 7.84. The maximum atomic E-state index is 10.7. The van der Waals surface area contributed by atoms with Crippen molar-refractivity contribution >= 4 is 17.0 Å². The van der Waals surface area contributed by atoms with Crippen molar-refractivity contribution in [2.24, 2.45) is 5.92 Å². The molecule has 0 spiro atoms. The van der Waals surface area contributed by atoms with Crippen LogP contribution < -0.4 is 0 Å². The van der Waals surface area contributed by atoms with Crippen molar-refractivity contribution in [1.29, 1.82) is 0 Å². The first-order valence-corrected chi connectivity index (χ1v) is 4.79. The zero-order chi connectivity index (χ0) is 10.4. The lowest BCUT2D eigenvalue weighted by Gasteiger charge is -1.92. The van der Waals surface area contributed by atoms with Crippen LogP contribution in [0, 0.1) is 5.92 Å². The van der Waals surface area contributed by atoms with E-state index in [4.69, 9.17) is 5.11 Å². The molecule has 2 unspecified atom stereocenters. The maximum absolute atomic E-state index is 10.7. The van der Waals surface area contributed by atoms with E-state index in [1.54, 1.807) is 6.20 Å². The summed E-state index contributed by atoms with van der Waals surface area (Å²) in [4.78, 5) is 14.9. The van der Waals surface area contributed by atoms with Gasteiger partial charge in [-0.1, -0.05) is 0 Å². The maximum Gasteiger partial charge on any atom is 0.307 e. The van der Waals surface area contributed by atoms with Gasteiger partial charge in [0.15, 0.2) is 5.65 Å². The number of H-pyrrole nitrogens is 1. The van der Waals surface area contributed by atoms with Gasteiger partial charge in [-0.25, -0.2) is 4.98 Å². The van der Waals surface area contributed by atoms with Gasteiger partial charge in [-0.05, 0) is 18.6 Å². The molecule has 15 heavy (non-hydrogen) atoms. The molecule has 5 heteroatoms. The van der Waals surface area contributed by atoms with E-state index in [-0.39, 0.29) is 11.8 Å². The molecule has 0 saturated heterocycles. The number of hydrogen-bond donors (Lipinski definition) is 2. The Hall–Kier alpha value is -1.91. The second-order valence-electron chi connectivity index (χ2n) is 3.80. The summed E-state index contributed by atoms with van der Waals surface area (Å²) < 4.78 is 0. The number of nitrogens with one attached hydrogen (secondary N) is 1. The smallest absolute Gasteiger partial charge is 0.307 e. The number of rotatable bonds is 2. The molecule has 0 aliphatic heterocycles. The Labute approximate surface area is 85.1 Å². The largest absolute Gasteiger partial charge is 0.481 e. The fourth-order valence-corrected chi connectivity index (χ4v) is 1.93. The van der Waals surface area contributed by atoms with Crippen LogP contribution in [0.25, 0.3) is 11.0 Å². The van der Waals surface area contributed by atoms with E-state index in [1.165, 1.54) is 0 Å². The van der Waals surface area contributed by atoms with E-state index in [0.29, 0.717) is 6.42 Å². The molecule has 1 saturated carbocycles. The standard InChI is InChI=1S/C10H9N3O2/c14-10(15)7-4-6(7)8-5-2-1-3-11-9(5)13-12-8/h1-3,6-7H,4H2,(H,14,15)(H,11,12,13). The lowest BCUT2D eigenvalue weighted by Crippen LogP contribution is -1.99. The fraction of sp³-hybridized carbons (Fsp3) is 0.300. The van der Waals surface area contributed by atoms with Crippen LogP contribution in [-0.4, -0.2) is 26.3 Å². The molecule has 2 aromatic heterocycles. The Kier molecular flexibility index (Phi) is 1.56. The number of aromatic nitrogens is 3. The van der Waals surface area contributed by atoms with Crippen molar-refractivity contribution in [2.45, 2.75) is 12.3 Å². The van der Waals surface area contributed by atoms with E-state index in [0.717, 1.165) is 16.7 Å². The third-order valence-electron chi connectivity index (χ3n) is 2.82. The SMILES string of the molecule is O=C(O)C1CC1c1n[nH]c2ncccc12. The van der Waals surface area contributed by atoms with Crippen molar-refractivity contribution in [2.75, 3.05) is 0 Å². The highest BCUT2D eigenvalue weighted by Crippen LogP contribution is 2.48. The number of carboxylic acids is 1. The third-order valence-corrected chi connectivity index (χ3v) is 2.82. The molecule has 2 N–H and O–H groups in total. The van der Waals surface area contributed by atoms with Crippen molar-refractivity contribution in [1.82, 2.24) is 15.2 Å². The predicted octanol–water partition coefficient (Wildman–Crippen LogP) is 1.15. The summed E-state index contributed by atoms with van der Waals surface area (Å²) in [6.45, 7) is 0. The third kappa shape index (κ3) is 1.20. The van der Waals surface area contributed by atoms with E-state index in [9.17, 15) is 4.79 Å². The van der Waals surface area contributed by atoms with Crippen molar-refractivity contribution in [3.8, 4) is 0 Å². The van der Waals surface area contributed by atoms with Gasteiger partial charge >= 0.3 is 5.97 Å². The topological polar surface area (TPSA) is 78.9 Å². The number of aliphatic carboxylic acids is 1. The zero-order valence-corrected chi connectivity index (χ0v) is 7.84. The number of hydrogen-bond acceptors (Lipinski definition) is 3. The minimum atomic E-state index is -0.736. The van der Waals surface area contributed by atoms with E-state index in [1.807, 2.05) is 12.1 Å². The molecule has 3 rings (SSSR count). The monoisotopic (exact) mass is 203 g/mol. The highest BCUT2D eigenvalue weighted by molar-refractivity contribution is 5.82. The summed E-state index contributed by atoms with van der Waals surface area (Å²) in [5.41, 5.74) is 1.56. The number of carbonyl (C=O) groups is 1. The van der Waals surface area contributed by atoms with Gasteiger partial charge in [0, 0.05) is 17.5 Å². The predicted molar refractivity (Wildman–Crippen MR) is 52.4 cm³/mol. The number of carboxylic acid groups (broad SMARTS) is 1. The second-order valence-corrected chi connectivity index (χ2v) is 3.80. The lowest BCUT2D eigenvalue weighted by atomic mass is 10.2. The van der Waals surface area contributed by atoms with Crippen LogP contribution in [-0.2, 0) is 4.79 Å². The Morgan fingerprint density at radius 3 is 3.20 bits per heavy atom. The molecule has 2 aromatic rings. The number of aromatic amines is 1. The molecular weight excluding hydrogens is 194 g/mol. The molecule has 2 heterocycles. The van der Waals surface area contributed by atoms with Gasteiger partial charge in [0.2, 0.25) is 0 Å². The molecular formula is C10H9N3O2. The Balaban J connectivity index is 2.03. The normalized spacial score (nSPS) is 24.3. The molecule has 1 aliphatic rings. The van der Waals surface area contributed by atoms with Crippen LogP contribution in [0.4, 0.5) is 0 Å². The summed E-state index contributed by atoms with van der Waals surface area (Å²) in [6, 6.07) is 3.75. The van der Waals surface area contributed by atoms with E-state index in [2.05, 4.69) is 15.2 Å². The summed E-state index contributed by atoms with van der Waals surface area (Å²) in [7, 11) is 0. The molecule has 2 atom stereocenters. The average molecular weight is 203 g/mol. The van der Waals surface area contributed by atoms with Crippen LogP contribution in [0.1, 0.15) is 18.0 Å². The Bertz CT molecular complexity index is 534. The average Bonchev–Trinajstić information content (AvgIpc) is 2.92. The van der Waals surface area contributed by atoms with Gasteiger partial charge in [-0.3, -0.25) is 9.89 Å². The molecule has 1 fully saturated rings. The summed E-state index contributed by atoms with van der Waals surface area (Å²) in [5, 5.41) is 16.7. The molecule has 1 aliphatic carbocycles. The van der Waals surface area contributed by atoms with Gasteiger partial charge in [0.25, 0.3) is 0 Å². The van der Waals surface area contributed by atoms with Gasteiger partial charge in [-0.15, -0.1) is 0 Å². The lowest BCUT2D eigenvalue weighted by molar-refractivity contribution is -0.138. The van der Waals surface area contributed by atoms with Crippen LogP contribution in [0.15, 0.2) is 18.3 Å². The van der Waals surface area contributed by atoms with Gasteiger partial charge in [0.1, 0.15) is 0 Å². The highest BCUT2D eigenvalue weighted by Gasteiger charge is 2.46.